The maximum Gasteiger partial charge on any atom is 0.223 e. The molecule has 0 radical (unpaired) electrons. The highest BCUT2D eigenvalue weighted by atomic mass is 32.1. The summed E-state index contributed by atoms with van der Waals surface area (Å²) in [5, 5.41) is 16.7. The van der Waals surface area contributed by atoms with Crippen LogP contribution in [-0.4, -0.2) is 38.1 Å². The van der Waals surface area contributed by atoms with E-state index in [9.17, 15) is 9.90 Å². The second-order valence-corrected chi connectivity index (χ2v) is 10.5. The number of nitrogens with zero attached hydrogens (tertiary/aromatic N) is 3. The lowest BCUT2D eigenvalue weighted by molar-refractivity contribution is -0.128. The number of aromatic nitrogens is 3. The van der Waals surface area contributed by atoms with Gasteiger partial charge >= 0.3 is 0 Å². The molecule has 4 rings (SSSR count). The molecule has 33 heavy (non-hydrogen) atoms. The number of aryl methyl sites for hydroxylation is 1. The molecular weight excluding hydrogens is 434 g/mol. The molecule has 0 unspecified atom stereocenters. The van der Waals surface area contributed by atoms with E-state index in [4.69, 9.17) is 9.97 Å². The number of aliphatic hydroxyl groups is 1. The molecule has 0 aliphatic heterocycles. The number of pyridine rings is 2. The smallest absolute Gasteiger partial charge is 0.223 e. The number of rotatable bonds is 7. The molecule has 0 atom stereocenters. The minimum absolute atomic E-state index is 0.00571. The van der Waals surface area contributed by atoms with Crippen molar-refractivity contribution >= 4 is 28.9 Å². The lowest BCUT2D eigenvalue weighted by Crippen LogP contribution is -2.49. The highest BCUT2D eigenvalue weighted by Gasteiger charge is 2.31. The van der Waals surface area contributed by atoms with Crippen molar-refractivity contribution in [3.8, 4) is 10.6 Å². The van der Waals surface area contributed by atoms with Crippen molar-refractivity contribution in [1.82, 2.24) is 20.3 Å². The summed E-state index contributed by atoms with van der Waals surface area (Å²) in [7, 11) is 0. The molecule has 7 nitrogen and oxygen atoms in total. The number of hydrogen-bond acceptors (Lipinski definition) is 7. The monoisotopic (exact) mass is 465 g/mol. The van der Waals surface area contributed by atoms with Gasteiger partial charge in [-0.2, -0.15) is 0 Å². The van der Waals surface area contributed by atoms with E-state index < -0.39 is 5.54 Å². The zero-order valence-electron chi connectivity index (χ0n) is 19.3. The molecule has 174 valence electrons. The van der Waals surface area contributed by atoms with Gasteiger partial charge in [0.25, 0.3) is 0 Å². The van der Waals surface area contributed by atoms with Crippen molar-refractivity contribution in [3.05, 3.63) is 53.3 Å². The van der Waals surface area contributed by atoms with Crippen molar-refractivity contribution in [1.29, 1.82) is 0 Å². The van der Waals surface area contributed by atoms with Gasteiger partial charge in [0.2, 0.25) is 5.91 Å². The first-order valence-corrected chi connectivity index (χ1v) is 12.2. The zero-order chi connectivity index (χ0) is 23.4. The van der Waals surface area contributed by atoms with Crippen LogP contribution in [0, 0.1) is 12.8 Å². The molecule has 3 heterocycles. The molecule has 0 spiro atoms. The fraction of sp³-hybridized carbons (Fsp3) is 0.440. The lowest BCUT2D eigenvalue weighted by Gasteiger charge is -2.30. The van der Waals surface area contributed by atoms with Crippen LogP contribution in [0.4, 0.5) is 11.6 Å². The molecule has 1 aliphatic carbocycles. The molecule has 3 N–H and O–H groups in total. The second-order valence-electron chi connectivity index (χ2n) is 9.39. The van der Waals surface area contributed by atoms with Crippen LogP contribution in [0.1, 0.15) is 56.0 Å². The average molecular weight is 466 g/mol. The van der Waals surface area contributed by atoms with Crippen molar-refractivity contribution < 1.29 is 9.90 Å². The minimum atomic E-state index is -0.579. The number of hydrogen-bond donors (Lipinski definition) is 3. The molecule has 1 saturated carbocycles. The van der Waals surface area contributed by atoms with Gasteiger partial charge in [-0.1, -0.05) is 6.07 Å². The average Bonchev–Trinajstić information content (AvgIpc) is 3.30. The Morgan fingerprint density at radius 3 is 2.67 bits per heavy atom. The Morgan fingerprint density at radius 1 is 1.15 bits per heavy atom. The third kappa shape index (κ3) is 5.94. The first-order chi connectivity index (χ1) is 15.8. The van der Waals surface area contributed by atoms with E-state index in [2.05, 4.69) is 15.6 Å². The van der Waals surface area contributed by atoms with E-state index in [1.54, 1.807) is 17.5 Å². The first kappa shape index (κ1) is 23.3. The summed E-state index contributed by atoms with van der Waals surface area (Å²) >= 11 is 1.68. The number of carbonyl (C=O) groups is 1. The lowest BCUT2D eigenvalue weighted by atomic mass is 9.81. The fourth-order valence-electron chi connectivity index (χ4n) is 4.05. The zero-order valence-corrected chi connectivity index (χ0v) is 20.2. The van der Waals surface area contributed by atoms with E-state index in [1.807, 2.05) is 57.3 Å². The summed E-state index contributed by atoms with van der Waals surface area (Å²) < 4.78 is 0. The molecule has 3 aromatic rings. The number of nitrogens with one attached hydrogen (secondary N) is 2. The van der Waals surface area contributed by atoms with Crippen molar-refractivity contribution in [2.24, 2.45) is 5.92 Å². The highest BCUT2D eigenvalue weighted by Crippen LogP contribution is 2.39. The normalized spacial score (nSPS) is 18.7. The van der Waals surface area contributed by atoms with Gasteiger partial charge in [-0.15, -0.1) is 11.3 Å². The van der Waals surface area contributed by atoms with Gasteiger partial charge in [0, 0.05) is 24.2 Å². The molecular formula is C25H31N5O2S. The predicted molar refractivity (Wildman–Crippen MR) is 132 cm³/mol. The Morgan fingerprint density at radius 2 is 1.94 bits per heavy atom. The second kappa shape index (κ2) is 9.97. The van der Waals surface area contributed by atoms with E-state index in [1.165, 1.54) is 0 Å². The third-order valence-electron chi connectivity index (χ3n) is 6.00. The topological polar surface area (TPSA) is 100 Å². The van der Waals surface area contributed by atoms with Crippen LogP contribution in [0.2, 0.25) is 0 Å². The van der Waals surface area contributed by atoms with Gasteiger partial charge in [-0.05, 0) is 76.3 Å². The maximum atomic E-state index is 12.5. The van der Waals surface area contributed by atoms with Gasteiger partial charge in [0.05, 0.1) is 27.7 Å². The summed E-state index contributed by atoms with van der Waals surface area (Å²) in [6, 6.07) is 9.86. The Balaban J connectivity index is 1.38. The summed E-state index contributed by atoms with van der Waals surface area (Å²) in [4.78, 5) is 27.4. The largest absolute Gasteiger partial charge is 0.394 e. The van der Waals surface area contributed by atoms with Gasteiger partial charge in [0.1, 0.15) is 11.6 Å². The number of thiazole rings is 1. The quantitative estimate of drug-likeness (QED) is 0.463. The summed E-state index contributed by atoms with van der Waals surface area (Å²) in [5.74, 6) is 1.94. The number of carbonyl (C=O) groups excluding carboxylic acids is 1. The molecule has 8 heteroatoms. The van der Waals surface area contributed by atoms with E-state index >= 15 is 0 Å². The Hall–Kier alpha value is -2.84. The maximum absolute atomic E-state index is 12.5. The van der Waals surface area contributed by atoms with Crippen LogP contribution in [0.15, 0.2) is 42.7 Å². The Bertz CT molecular complexity index is 1110. The van der Waals surface area contributed by atoms with E-state index in [0.29, 0.717) is 5.92 Å². The van der Waals surface area contributed by atoms with Gasteiger partial charge in [-0.3, -0.25) is 4.79 Å². The fourth-order valence-corrected chi connectivity index (χ4v) is 5.11. The standard InChI is InChI=1S/C25H31N5O2S/c1-16-11-12-26-22(13-16)29-21-6-4-5-19(28-21)20-14-27-24(33-20)18-9-7-17(8-10-18)23(32)30-25(2,3)15-31/h4-6,11-14,17-18,31H,7-10,15H2,1-3H3,(H,30,32)(H,26,28,29)/t17-,18-. The predicted octanol–water partition coefficient (Wildman–Crippen LogP) is 4.81. The van der Waals surface area contributed by atoms with Gasteiger partial charge in [0.15, 0.2) is 0 Å². The molecule has 3 aromatic heterocycles. The minimum Gasteiger partial charge on any atom is -0.394 e. The molecule has 0 aromatic carbocycles. The number of aliphatic hydroxyl groups excluding tert-OH is 1. The summed E-state index contributed by atoms with van der Waals surface area (Å²) in [6.45, 7) is 5.64. The Labute approximate surface area is 198 Å². The van der Waals surface area contributed by atoms with Crippen molar-refractivity contribution in [2.75, 3.05) is 11.9 Å². The van der Waals surface area contributed by atoms with Crippen LogP contribution >= 0.6 is 11.3 Å². The molecule has 0 bridgehead atoms. The molecule has 0 saturated heterocycles. The third-order valence-corrected chi connectivity index (χ3v) is 7.18. The van der Waals surface area contributed by atoms with E-state index in [-0.39, 0.29) is 18.4 Å². The molecule has 1 aliphatic rings. The van der Waals surface area contributed by atoms with Crippen LogP contribution < -0.4 is 10.6 Å². The van der Waals surface area contributed by atoms with Crippen molar-refractivity contribution in [2.45, 2.75) is 57.9 Å². The molecule has 1 fully saturated rings. The number of anilines is 2. The molecule has 1 amide bonds. The van der Waals surface area contributed by atoms with Crippen LogP contribution in [0.3, 0.4) is 0 Å². The van der Waals surface area contributed by atoms with Gasteiger partial charge < -0.3 is 15.7 Å². The van der Waals surface area contributed by atoms with E-state index in [0.717, 1.165) is 58.5 Å². The highest BCUT2D eigenvalue weighted by molar-refractivity contribution is 7.15. The first-order valence-electron chi connectivity index (χ1n) is 11.4. The van der Waals surface area contributed by atoms with Gasteiger partial charge in [-0.25, -0.2) is 15.0 Å². The number of amides is 1. The van der Waals surface area contributed by atoms with Crippen molar-refractivity contribution in [3.63, 3.8) is 0 Å². The van der Waals surface area contributed by atoms with Crippen LogP contribution in [0.5, 0.6) is 0 Å². The van der Waals surface area contributed by atoms with Crippen LogP contribution in [-0.2, 0) is 4.79 Å². The Kier molecular flexibility index (Phi) is 7.05. The van der Waals surface area contributed by atoms with Crippen LogP contribution in [0.25, 0.3) is 10.6 Å². The summed E-state index contributed by atoms with van der Waals surface area (Å²) in [6.07, 6.45) is 7.25. The summed E-state index contributed by atoms with van der Waals surface area (Å²) in [5.41, 5.74) is 1.44. The SMILES string of the molecule is Cc1ccnc(Nc2cccc(-c3cnc([C@H]4CC[C@H](C(=O)NC(C)(C)CO)CC4)s3)n2)c1.